The van der Waals surface area contributed by atoms with E-state index in [2.05, 4.69) is 15.4 Å². The summed E-state index contributed by atoms with van der Waals surface area (Å²) in [4.78, 5) is 4.23. The summed E-state index contributed by atoms with van der Waals surface area (Å²) in [6.45, 7) is 0. The minimum atomic E-state index is 0.811. The smallest absolute Gasteiger partial charge is 0.158 e. The number of hydrogen-bond donors (Lipinski definition) is 1. The van der Waals surface area contributed by atoms with Crippen molar-refractivity contribution >= 4 is 17.0 Å². The molecule has 0 saturated heterocycles. The first-order chi connectivity index (χ1) is 7.93. The molecule has 3 aromatic rings. The molecule has 0 unspecified atom stereocenters. The van der Waals surface area contributed by atoms with E-state index in [0.29, 0.717) is 0 Å². The van der Waals surface area contributed by atoms with Gasteiger partial charge < -0.3 is 5.32 Å². The Hall–Kier alpha value is -2.36. The van der Waals surface area contributed by atoms with E-state index in [1.807, 2.05) is 48.7 Å². The first-order valence-electron chi connectivity index (χ1n) is 5.04. The molecule has 3 rings (SSSR count). The lowest BCUT2D eigenvalue weighted by Crippen LogP contribution is -1.98. The number of nitrogens with one attached hydrogen (secondary N) is 1. The van der Waals surface area contributed by atoms with Crippen LogP contribution in [0.3, 0.4) is 0 Å². The van der Waals surface area contributed by atoms with E-state index in [4.69, 9.17) is 0 Å². The van der Waals surface area contributed by atoms with Crippen molar-refractivity contribution in [3.63, 3.8) is 0 Å². The topological polar surface area (TPSA) is 42.2 Å². The van der Waals surface area contributed by atoms with E-state index in [1.165, 1.54) is 6.33 Å². The zero-order chi connectivity index (χ0) is 10.8. The number of hydrogen-bond acceptors (Lipinski definition) is 3. The zero-order valence-electron chi connectivity index (χ0n) is 8.54. The summed E-state index contributed by atoms with van der Waals surface area (Å²) in [6.07, 6.45) is 3.44. The number of anilines is 2. The van der Waals surface area contributed by atoms with Gasteiger partial charge in [-0.2, -0.15) is 5.10 Å². The Balaban J connectivity index is 2.04. The SMILES string of the molecule is c1ccc(Nc2ncnn3cccc23)cc1. The third-order valence-electron chi connectivity index (χ3n) is 2.37. The second kappa shape index (κ2) is 3.66. The van der Waals surface area contributed by atoms with E-state index in [0.717, 1.165) is 17.0 Å². The molecule has 0 atom stereocenters. The van der Waals surface area contributed by atoms with Crippen molar-refractivity contribution in [2.45, 2.75) is 0 Å². The van der Waals surface area contributed by atoms with Crippen molar-refractivity contribution in [3.8, 4) is 0 Å². The molecule has 0 bridgehead atoms. The highest BCUT2D eigenvalue weighted by atomic mass is 15.2. The lowest BCUT2D eigenvalue weighted by molar-refractivity contribution is 0.906. The summed E-state index contributed by atoms with van der Waals surface area (Å²) in [5.41, 5.74) is 1.98. The molecule has 0 radical (unpaired) electrons. The van der Waals surface area contributed by atoms with Crippen molar-refractivity contribution in [1.82, 2.24) is 14.6 Å². The molecule has 0 saturated carbocycles. The number of benzene rings is 1. The summed E-state index contributed by atoms with van der Waals surface area (Å²) in [5.74, 6) is 0.811. The van der Waals surface area contributed by atoms with Crippen molar-refractivity contribution < 1.29 is 0 Å². The molecule has 0 aliphatic rings. The molecule has 0 aliphatic carbocycles. The maximum absolute atomic E-state index is 4.23. The van der Waals surface area contributed by atoms with Gasteiger partial charge in [-0.3, -0.25) is 0 Å². The first-order valence-corrected chi connectivity index (χ1v) is 5.04. The maximum Gasteiger partial charge on any atom is 0.158 e. The van der Waals surface area contributed by atoms with Gasteiger partial charge in [0.1, 0.15) is 11.8 Å². The fraction of sp³-hybridized carbons (Fsp3) is 0. The Morgan fingerprint density at radius 1 is 1.00 bits per heavy atom. The van der Waals surface area contributed by atoms with E-state index in [-0.39, 0.29) is 0 Å². The minimum Gasteiger partial charge on any atom is -0.338 e. The van der Waals surface area contributed by atoms with Crippen molar-refractivity contribution in [2.75, 3.05) is 5.32 Å². The zero-order valence-corrected chi connectivity index (χ0v) is 8.54. The Bertz CT molecular complexity index is 600. The Kier molecular flexibility index (Phi) is 2.04. The number of rotatable bonds is 2. The van der Waals surface area contributed by atoms with Crippen LogP contribution in [-0.2, 0) is 0 Å². The largest absolute Gasteiger partial charge is 0.338 e. The second-order valence-corrected chi connectivity index (χ2v) is 3.44. The molecule has 78 valence electrons. The molecule has 0 spiro atoms. The molecule has 16 heavy (non-hydrogen) atoms. The second-order valence-electron chi connectivity index (χ2n) is 3.44. The fourth-order valence-corrected chi connectivity index (χ4v) is 1.62. The number of para-hydroxylation sites is 1. The van der Waals surface area contributed by atoms with Crippen LogP contribution in [0.2, 0.25) is 0 Å². The normalized spacial score (nSPS) is 10.5. The Labute approximate surface area is 92.6 Å². The molecule has 2 aromatic heterocycles. The minimum absolute atomic E-state index is 0.811. The molecular formula is C12H10N4. The van der Waals surface area contributed by atoms with Gasteiger partial charge in [-0.05, 0) is 24.3 Å². The standard InChI is InChI=1S/C12H10N4/c1-2-5-10(6-3-1)15-12-11-7-4-8-16(11)14-9-13-12/h1-9H,(H,13,14,15). The average Bonchev–Trinajstić information content (AvgIpc) is 2.80. The maximum atomic E-state index is 4.23. The van der Waals surface area contributed by atoms with Crippen LogP contribution in [0.1, 0.15) is 0 Å². The Morgan fingerprint density at radius 3 is 2.75 bits per heavy atom. The fourth-order valence-electron chi connectivity index (χ4n) is 1.62. The van der Waals surface area contributed by atoms with Gasteiger partial charge in [0.2, 0.25) is 0 Å². The van der Waals surface area contributed by atoms with Crippen LogP contribution in [-0.4, -0.2) is 14.6 Å². The van der Waals surface area contributed by atoms with Gasteiger partial charge >= 0.3 is 0 Å². The molecular weight excluding hydrogens is 200 g/mol. The highest BCUT2D eigenvalue weighted by Crippen LogP contribution is 2.18. The van der Waals surface area contributed by atoms with Gasteiger partial charge in [-0.25, -0.2) is 9.50 Å². The molecule has 0 aliphatic heterocycles. The molecule has 1 aromatic carbocycles. The summed E-state index contributed by atoms with van der Waals surface area (Å²) in [5, 5.41) is 7.37. The summed E-state index contributed by atoms with van der Waals surface area (Å²) >= 11 is 0. The summed E-state index contributed by atoms with van der Waals surface area (Å²) in [6, 6.07) is 13.9. The van der Waals surface area contributed by atoms with E-state index >= 15 is 0 Å². The van der Waals surface area contributed by atoms with Gasteiger partial charge in [-0.15, -0.1) is 0 Å². The van der Waals surface area contributed by atoms with Gasteiger partial charge in [0.15, 0.2) is 5.82 Å². The highest BCUT2D eigenvalue weighted by Gasteiger charge is 2.02. The van der Waals surface area contributed by atoms with E-state index in [9.17, 15) is 0 Å². The van der Waals surface area contributed by atoms with Gasteiger partial charge in [0.05, 0.1) is 0 Å². The van der Waals surface area contributed by atoms with Crippen molar-refractivity contribution in [2.24, 2.45) is 0 Å². The summed E-state index contributed by atoms with van der Waals surface area (Å²) in [7, 11) is 0. The van der Waals surface area contributed by atoms with Crippen LogP contribution in [0.4, 0.5) is 11.5 Å². The van der Waals surface area contributed by atoms with Crippen molar-refractivity contribution in [1.29, 1.82) is 0 Å². The highest BCUT2D eigenvalue weighted by molar-refractivity contribution is 5.72. The number of aromatic nitrogens is 3. The average molecular weight is 210 g/mol. The molecule has 0 amide bonds. The third kappa shape index (κ3) is 1.50. The lowest BCUT2D eigenvalue weighted by atomic mass is 10.3. The lowest BCUT2D eigenvalue weighted by Gasteiger charge is -2.06. The van der Waals surface area contributed by atoms with E-state index in [1.54, 1.807) is 4.52 Å². The van der Waals surface area contributed by atoms with Gasteiger partial charge in [0.25, 0.3) is 0 Å². The van der Waals surface area contributed by atoms with Crippen LogP contribution < -0.4 is 5.32 Å². The first kappa shape index (κ1) is 8.91. The number of fused-ring (bicyclic) bond motifs is 1. The quantitative estimate of drug-likeness (QED) is 0.706. The number of nitrogens with zero attached hydrogens (tertiary/aromatic N) is 3. The molecule has 0 fully saturated rings. The monoisotopic (exact) mass is 210 g/mol. The van der Waals surface area contributed by atoms with Crippen LogP contribution in [0.5, 0.6) is 0 Å². The molecule has 4 nitrogen and oxygen atoms in total. The Morgan fingerprint density at radius 2 is 1.88 bits per heavy atom. The van der Waals surface area contributed by atoms with Gasteiger partial charge in [-0.1, -0.05) is 18.2 Å². The van der Waals surface area contributed by atoms with Crippen LogP contribution in [0.25, 0.3) is 5.52 Å². The van der Waals surface area contributed by atoms with Crippen molar-refractivity contribution in [3.05, 3.63) is 55.0 Å². The molecule has 1 N–H and O–H groups in total. The molecule has 4 heteroatoms. The third-order valence-corrected chi connectivity index (χ3v) is 2.37. The predicted octanol–water partition coefficient (Wildman–Crippen LogP) is 2.47. The molecule has 2 heterocycles. The van der Waals surface area contributed by atoms with Crippen LogP contribution in [0.15, 0.2) is 55.0 Å². The van der Waals surface area contributed by atoms with Gasteiger partial charge in [0, 0.05) is 11.9 Å². The predicted molar refractivity (Wildman–Crippen MR) is 62.7 cm³/mol. The summed E-state index contributed by atoms with van der Waals surface area (Å²) < 4.78 is 1.79. The van der Waals surface area contributed by atoms with Crippen LogP contribution in [0, 0.1) is 0 Å². The van der Waals surface area contributed by atoms with Crippen LogP contribution >= 0.6 is 0 Å². The van der Waals surface area contributed by atoms with E-state index < -0.39 is 0 Å².